The Kier molecular flexibility index (Phi) is 5.34. The van der Waals surface area contributed by atoms with Crippen LogP contribution in [0, 0.1) is 23.2 Å². The van der Waals surface area contributed by atoms with Gasteiger partial charge in [-0.2, -0.15) is 5.26 Å². The van der Waals surface area contributed by atoms with Gasteiger partial charge in [0.15, 0.2) is 0 Å². The Bertz CT molecular complexity index is 1780. The van der Waals surface area contributed by atoms with Crippen molar-refractivity contribution in [2.45, 2.75) is 25.7 Å². The van der Waals surface area contributed by atoms with Gasteiger partial charge in [-0.3, -0.25) is 0 Å². The first-order chi connectivity index (χ1) is 18.2. The second-order valence-corrected chi connectivity index (χ2v) is 11.5. The van der Waals surface area contributed by atoms with Gasteiger partial charge in [0.2, 0.25) is 0 Å². The van der Waals surface area contributed by atoms with Crippen LogP contribution in [-0.4, -0.2) is 0 Å². The lowest BCUT2D eigenvalue weighted by molar-refractivity contribution is 0.411. The van der Waals surface area contributed by atoms with Gasteiger partial charge in [-0.1, -0.05) is 85.8 Å². The van der Waals surface area contributed by atoms with Crippen LogP contribution in [0.2, 0.25) is 0 Å². The fraction of sp³-hybridized carbons (Fsp3) is 0.171. The molecule has 0 fully saturated rings. The van der Waals surface area contributed by atoms with Crippen molar-refractivity contribution >= 4 is 37.1 Å². The molecule has 5 aromatic rings. The zero-order valence-corrected chi connectivity index (χ0v) is 21.6. The van der Waals surface area contributed by atoms with Gasteiger partial charge < -0.3 is 0 Å². The van der Waals surface area contributed by atoms with Crippen LogP contribution in [0.3, 0.4) is 0 Å². The highest BCUT2D eigenvalue weighted by atomic mass is 32.1. The second-order valence-electron chi connectivity index (χ2n) is 10.4. The Hall–Kier alpha value is -3.93. The van der Waals surface area contributed by atoms with E-state index < -0.39 is 0 Å². The molecule has 0 saturated carbocycles. The highest BCUT2D eigenvalue weighted by molar-refractivity contribution is 7.25. The summed E-state index contributed by atoms with van der Waals surface area (Å²) < 4.78 is 2.46. The van der Waals surface area contributed by atoms with Crippen LogP contribution in [0.4, 0.5) is 0 Å². The first kappa shape index (κ1) is 22.3. The van der Waals surface area contributed by atoms with Gasteiger partial charge in [-0.05, 0) is 88.3 Å². The Morgan fingerprint density at radius 3 is 2.57 bits per heavy atom. The predicted molar refractivity (Wildman–Crippen MR) is 157 cm³/mol. The molecule has 0 saturated heterocycles. The third-order valence-corrected chi connectivity index (χ3v) is 9.51. The molecule has 0 radical (unpaired) electrons. The molecular formula is C35H27NS. The molecule has 3 atom stereocenters. The molecule has 0 aliphatic heterocycles. The van der Waals surface area contributed by atoms with Crippen LogP contribution in [0.5, 0.6) is 0 Å². The molecule has 2 aliphatic rings. The number of thiophene rings is 1. The number of hydrogen-bond donors (Lipinski definition) is 0. The van der Waals surface area contributed by atoms with Gasteiger partial charge >= 0.3 is 0 Å². The maximum atomic E-state index is 9.35. The molecule has 2 heteroatoms. The van der Waals surface area contributed by atoms with Crippen LogP contribution < -0.4 is 0 Å². The summed E-state index contributed by atoms with van der Waals surface area (Å²) in [4.78, 5) is 0. The molecule has 2 unspecified atom stereocenters. The quantitative estimate of drug-likeness (QED) is 0.240. The normalized spacial score (nSPS) is 20.6. The Labute approximate surface area is 222 Å². The molecule has 0 N–H and O–H groups in total. The van der Waals surface area contributed by atoms with Crippen LogP contribution in [-0.2, 0) is 6.42 Å². The van der Waals surface area contributed by atoms with Crippen molar-refractivity contribution in [3.63, 3.8) is 0 Å². The molecule has 0 spiro atoms. The largest absolute Gasteiger partial charge is 0.192 e. The molecule has 1 nitrogen and oxygen atoms in total. The summed E-state index contributed by atoms with van der Waals surface area (Å²) >= 11 is 1.78. The minimum atomic E-state index is 0.410. The Balaban J connectivity index is 1.36. The van der Waals surface area contributed by atoms with Gasteiger partial charge in [0.1, 0.15) is 0 Å². The number of benzene rings is 4. The minimum Gasteiger partial charge on any atom is -0.192 e. The monoisotopic (exact) mass is 493 g/mol. The number of rotatable bonds is 2. The number of hydrogen-bond acceptors (Lipinski definition) is 2. The van der Waals surface area contributed by atoms with Crippen molar-refractivity contribution in [1.82, 2.24) is 0 Å². The average Bonchev–Trinajstić information content (AvgIpc) is 3.22. The van der Waals surface area contributed by atoms with Gasteiger partial charge in [-0.15, -0.1) is 11.3 Å². The summed E-state index contributed by atoms with van der Waals surface area (Å²) in [6.45, 7) is 2.39. The Morgan fingerprint density at radius 1 is 0.838 bits per heavy atom. The molecule has 37 heavy (non-hydrogen) atoms. The predicted octanol–water partition coefficient (Wildman–Crippen LogP) is 9.53. The number of aryl methyl sites for hydroxylation is 1. The van der Waals surface area contributed by atoms with Crippen molar-refractivity contribution < 1.29 is 0 Å². The van der Waals surface area contributed by atoms with Crippen molar-refractivity contribution in [3.8, 4) is 17.2 Å². The molecule has 0 bridgehead atoms. The summed E-state index contributed by atoms with van der Waals surface area (Å²) in [5.74, 6) is 1.31. The summed E-state index contributed by atoms with van der Waals surface area (Å²) in [6, 6.07) is 33.4. The summed E-state index contributed by atoms with van der Waals surface area (Å²) in [7, 11) is 0. The summed E-state index contributed by atoms with van der Waals surface area (Å²) in [6.07, 6.45) is 9.24. The molecule has 7 rings (SSSR count). The minimum absolute atomic E-state index is 0.410. The van der Waals surface area contributed by atoms with E-state index in [1.165, 1.54) is 53.6 Å². The van der Waals surface area contributed by atoms with E-state index in [1.54, 1.807) is 11.3 Å². The third-order valence-electron chi connectivity index (χ3n) is 8.38. The number of nitriles is 1. The lowest BCUT2D eigenvalue weighted by Gasteiger charge is -2.35. The van der Waals surface area contributed by atoms with E-state index in [-0.39, 0.29) is 0 Å². The molecule has 178 valence electrons. The second kappa shape index (κ2) is 8.87. The highest BCUT2D eigenvalue weighted by Crippen LogP contribution is 2.50. The number of allylic oxidation sites excluding steroid dienone is 4. The molecule has 0 amide bonds. The first-order valence-electron chi connectivity index (χ1n) is 13.1. The first-order valence-corrected chi connectivity index (χ1v) is 14.0. The van der Waals surface area contributed by atoms with E-state index in [9.17, 15) is 5.26 Å². The lowest BCUT2D eigenvalue weighted by Crippen LogP contribution is -2.23. The van der Waals surface area contributed by atoms with Gasteiger partial charge in [0.25, 0.3) is 0 Å². The van der Waals surface area contributed by atoms with Crippen molar-refractivity contribution in [1.29, 1.82) is 5.26 Å². The molecule has 1 heterocycles. The SMILES string of the molecule is CC1C=CC=C(c2ccc3sc4cc(C#N)ccc4c3c2)C1[C@@H]1CCc2ccccc2-c2ccccc21. The van der Waals surface area contributed by atoms with E-state index in [2.05, 4.69) is 104 Å². The molecular weight excluding hydrogens is 466 g/mol. The third kappa shape index (κ3) is 3.66. The zero-order valence-electron chi connectivity index (χ0n) is 20.8. The maximum Gasteiger partial charge on any atom is 0.0992 e. The smallest absolute Gasteiger partial charge is 0.0992 e. The van der Waals surface area contributed by atoms with Crippen LogP contribution in [0.1, 0.15) is 41.5 Å². The number of nitrogens with zero attached hydrogens (tertiary/aromatic N) is 1. The van der Waals surface area contributed by atoms with Crippen molar-refractivity contribution in [2.24, 2.45) is 11.8 Å². The van der Waals surface area contributed by atoms with E-state index in [1.807, 2.05) is 12.1 Å². The standard InChI is InChI=1S/C35H27NS/c1-22-7-6-12-27(25-15-18-33-32(20-25)30-16-13-23(21-36)19-34(30)37-33)35(22)31-17-14-24-8-2-3-9-26(24)28-10-4-5-11-29(28)31/h2-13,15-16,18-20,22,31,35H,14,17H2,1H3/t22?,31-,35?/m1/s1. The van der Waals surface area contributed by atoms with E-state index in [0.717, 1.165) is 18.4 Å². The lowest BCUT2D eigenvalue weighted by atomic mass is 9.68. The van der Waals surface area contributed by atoms with Gasteiger partial charge in [0, 0.05) is 20.2 Å². The number of fused-ring (bicyclic) bond motifs is 6. The molecule has 2 aliphatic carbocycles. The molecule has 1 aromatic heterocycles. The summed E-state index contributed by atoms with van der Waals surface area (Å²) in [5, 5.41) is 11.9. The summed E-state index contributed by atoms with van der Waals surface area (Å²) in [5.41, 5.74) is 9.22. The van der Waals surface area contributed by atoms with Crippen LogP contribution in [0.15, 0.2) is 103 Å². The fourth-order valence-electron chi connectivity index (χ4n) is 6.65. The van der Waals surface area contributed by atoms with Gasteiger partial charge in [0.05, 0.1) is 11.6 Å². The van der Waals surface area contributed by atoms with Crippen LogP contribution in [0.25, 0.3) is 36.9 Å². The van der Waals surface area contributed by atoms with Crippen LogP contribution >= 0.6 is 11.3 Å². The highest BCUT2D eigenvalue weighted by Gasteiger charge is 2.35. The molecule has 4 aromatic carbocycles. The van der Waals surface area contributed by atoms with Crippen molar-refractivity contribution in [2.75, 3.05) is 0 Å². The fourth-order valence-corrected chi connectivity index (χ4v) is 7.78. The topological polar surface area (TPSA) is 23.8 Å². The van der Waals surface area contributed by atoms with E-state index in [0.29, 0.717) is 17.8 Å². The zero-order chi connectivity index (χ0) is 24.9. The van der Waals surface area contributed by atoms with Crippen molar-refractivity contribution in [3.05, 3.63) is 125 Å². The van der Waals surface area contributed by atoms with E-state index in [4.69, 9.17) is 0 Å². The van der Waals surface area contributed by atoms with Gasteiger partial charge in [-0.25, -0.2) is 0 Å². The van der Waals surface area contributed by atoms with E-state index >= 15 is 0 Å². The Morgan fingerprint density at radius 2 is 1.68 bits per heavy atom. The maximum absolute atomic E-state index is 9.35. The average molecular weight is 494 g/mol.